The van der Waals surface area contributed by atoms with Crippen LogP contribution in [-0.4, -0.2) is 54.3 Å². The van der Waals surface area contributed by atoms with E-state index in [1.165, 1.54) is 5.56 Å². The molecule has 2 aliphatic rings. The van der Waals surface area contributed by atoms with Crippen molar-refractivity contribution in [1.82, 2.24) is 9.80 Å². The summed E-state index contributed by atoms with van der Waals surface area (Å²) in [6.07, 6.45) is 5.05. The lowest BCUT2D eigenvalue weighted by atomic mass is 9.90. The molecule has 2 saturated heterocycles. The summed E-state index contributed by atoms with van der Waals surface area (Å²) < 4.78 is 0. The Morgan fingerprint density at radius 3 is 2.44 bits per heavy atom. The number of nitrogens with two attached hydrogens (primary N) is 1. The molecule has 25 heavy (non-hydrogen) atoms. The van der Waals surface area contributed by atoms with Crippen molar-refractivity contribution in [3.05, 3.63) is 35.9 Å². The van der Waals surface area contributed by atoms with Crippen LogP contribution in [0.15, 0.2) is 30.3 Å². The maximum atomic E-state index is 12.6. The number of carbonyl (C=O) groups is 2. The van der Waals surface area contributed by atoms with Gasteiger partial charge in [-0.3, -0.25) is 14.5 Å². The van der Waals surface area contributed by atoms with Crippen molar-refractivity contribution in [2.45, 2.75) is 32.1 Å². The third-order valence-corrected chi connectivity index (χ3v) is 5.60. The summed E-state index contributed by atoms with van der Waals surface area (Å²) in [5.41, 5.74) is 6.81. The molecule has 1 unspecified atom stereocenters. The summed E-state index contributed by atoms with van der Waals surface area (Å²) in [5, 5.41) is 0. The number of likely N-dealkylation sites (tertiary alicyclic amines) is 2. The Labute approximate surface area is 150 Å². The third-order valence-electron chi connectivity index (χ3n) is 5.60. The number of hydrogen-bond donors (Lipinski definition) is 1. The maximum Gasteiger partial charge on any atom is 0.236 e. The van der Waals surface area contributed by atoms with E-state index in [9.17, 15) is 9.59 Å². The molecule has 2 heterocycles. The van der Waals surface area contributed by atoms with Crippen LogP contribution in [0.3, 0.4) is 0 Å². The first kappa shape index (κ1) is 17.9. The quantitative estimate of drug-likeness (QED) is 0.884. The summed E-state index contributed by atoms with van der Waals surface area (Å²) in [4.78, 5) is 28.0. The van der Waals surface area contributed by atoms with Gasteiger partial charge in [0.25, 0.3) is 0 Å². The second kappa shape index (κ2) is 8.48. The largest absolute Gasteiger partial charge is 0.369 e. The average Bonchev–Trinajstić information content (AvgIpc) is 2.63. The van der Waals surface area contributed by atoms with Crippen molar-refractivity contribution in [1.29, 1.82) is 0 Å². The molecule has 0 bridgehead atoms. The lowest BCUT2D eigenvalue weighted by Crippen LogP contribution is -2.48. The number of piperidine rings is 2. The van der Waals surface area contributed by atoms with Crippen LogP contribution in [0, 0.1) is 11.8 Å². The zero-order valence-corrected chi connectivity index (χ0v) is 14.9. The van der Waals surface area contributed by atoms with E-state index in [0.29, 0.717) is 19.0 Å². The van der Waals surface area contributed by atoms with Gasteiger partial charge < -0.3 is 10.6 Å². The molecule has 0 radical (unpaired) electrons. The van der Waals surface area contributed by atoms with E-state index in [1.807, 2.05) is 11.0 Å². The average molecular weight is 343 g/mol. The Bertz CT molecular complexity index is 582. The van der Waals surface area contributed by atoms with Crippen LogP contribution in [0.2, 0.25) is 0 Å². The van der Waals surface area contributed by atoms with Crippen LogP contribution in [-0.2, 0) is 16.0 Å². The van der Waals surface area contributed by atoms with E-state index in [4.69, 9.17) is 5.73 Å². The standard InChI is InChI=1S/C20H29N3O2/c21-20(25)18-7-4-10-22(14-18)15-19(24)23-11-8-17(9-12-23)13-16-5-2-1-3-6-16/h1-3,5-6,17-18H,4,7-15H2,(H2,21,25). The predicted molar refractivity (Wildman–Crippen MR) is 97.8 cm³/mol. The molecular weight excluding hydrogens is 314 g/mol. The van der Waals surface area contributed by atoms with Crippen molar-refractivity contribution in [3.8, 4) is 0 Å². The van der Waals surface area contributed by atoms with Gasteiger partial charge in [0.15, 0.2) is 0 Å². The number of nitrogens with zero attached hydrogens (tertiary/aromatic N) is 2. The highest BCUT2D eigenvalue weighted by Crippen LogP contribution is 2.22. The first-order valence-electron chi connectivity index (χ1n) is 9.45. The number of hydrogen-bond acceptors (Lipinski definition) is 3. The van der Waals surface area contributed by atoms with E-state index in [-0.39, 0.29) is 17.7 Å². The van der Waals surface area contributed by atoms with Crippen molar-refractivity contribution in [2.75, 3.05) is 32.7 Å². The van der Waals surface area contributed by atoms with Gasteiger partial charge in [-0.1, -0.05) is 30.3 Å². The topological polar surface area (TPSA) is 66.6 Å². The highest BCUT2D eigenvalue weighted by molar-refractivity contribution is 5.79. The van der Waals surface area contributed by atoms with Crippen LogP contribution in [0.25, 0.3) is 0 Å². The normalized spacial score (nSPS) is 22.7. The molecular formula is C20H29N3O2. The highest BCUT2D eigenvalue weighted by atomic mass is 16.2. The molecule has 0 aromatic heterocycles. The van der Waals surface area contributed by atoms with Gasteiger partial charge in [0.2, 0.25) is 11.8 Å². The smallest absolute Gasteiger partial charge is 0.236 e. The molecule has 0 aliphatic carbocycles. The van der Waals surface area contributed by atoms with Gasteiger partial charge in [-0.2, -0.15) is 0 Å². The third kappa shape index (κ3) is 5.05. The summed E-state index contributed by atoms with van der Waals surface area (Å²) in [5.74, 6) is 0.529. The Morgan fingerprint density at radius 1 is 1.04 bits per heavy atom. The van der Waals surface area contributed by atoms with Crippen molar-refractivity contribution in [2.24, 2.45) is 17.6 Å². The molecule has 2 N–H and O–H groups in total. The fourth-order valence-corrected chi connectivity index (χ4v) is 4.06. The molecule has 0 spiro atoms. The lowest BCUT2D eigenvalue weighted by Gasteiger charge is -2.35. The van der Waals surface area contributed by atoms with E-state index >= 15 is 0 Å². The Hall–Kier alpha value is -1.88. The second-order valence-corrected chi connectivity index (χ2v) is 7.49. The van der Waals surface area contributed by atoms with Crippen LogP contribution < -0.4 is 5.73 Å². The lowest BCUT2D eigenvalue weighted by molar-refractivity contribution is -0.135. The fraction of sp³-hybridized carbons (Fsp3) is 0.600. The zero-order valence-electron chi connectivity index (χ0n) is 14.9. The van der Waals surface area contributed by atoms with Crippen molar-refractivity contribution in [3.63, 3.8) is 0 Å². The molecule has 5 heteroatoms. The number of rotatable bonds is 5. The fourth-order valence-electron chi connectivity index (χ4n) is 4.06. The summed E-state index contributed by atoms with van der Waals surface area (Å²) >= 11 is 0. The second-order valence-electron chi connectivity index (χ2n) is 7.49. The van der Waals surface area contributed by atoms with Gasteiger partial charge in [-0.15, -0.1) is 0 Å². The van der Waals surface area contributed by atoms with Gasteiger partial charge in [-0.25, -0.2) is 0 Å². The van der Waals surface area contributed by atoms with Gasteiger partial charge in [0, 0.05) is 19.6 Å². The summed E-state index contributed by atoms with van der Waals surface area (Å²) in [6.45, 7) is 3.64. The summed E-state index contributed by atoms with van der Waals surface area (Å²) in [7, 11) is 0. The van der Waals surface area contributed by atoms with Crippen LogP contribution in [0.5, 0.6) is 0 Å². The molecule has 1 atom stereocenters. The van der Waals surface area contributed by atoms with E-state index < -0.39 is 0 Å². The van der Waals surface area contributed by atoms with Gasteiger partial charge in [-0.05, 0) is 50.1 Å². The molecule has 3 rings (SSSR count). The first-order chi connectivity index (χ1) is 12.1. The monoisotopic (exact) mass is 343 g/mol. The molecule has 136 valence electrons. The number of carbonyl (C=O) groups excluding carboxylic acids is 2. The number of amides is 2. The van der Waals surface area contributed by atoms with Crippen molar-refractivity contribution >= 4 is 11.8 Å². The molecule has 2 aliphatic heterocycles. The van der Waals surface area contributed by atoms with Crippen LogP contribution in [0.4, 0.5) is 0 Å². The highest BCUT2D eigenvalue weighted by Gasteiger charge is 2.28. The van der Waals surface area contributed by atoms with Crippen LogP contribution >= 0.6 is 0 Å². The molecule has 1 aromatic rings. The minimum atomic E-state index is -0.237. The molecule has 1 aromatic carbocycles. The SMILES string of the molecule is NC(=O)C1CCCN(CC(=O)N2CCC(Cc3ccccc3)CC2)C1. The Balaban J connectivity index is 1.43. The summed E-state index contributed by atoms with van der Waals surface area (Å²) in [6, 6.07) is 10.6. The van der Waals surface area contributed by atoms with Crippen molar-refractivity contribution < 1.29 is 9.59 Å². The van der Waals surface area contributed by atoms with Gasteiger partial charge >= 0.3 is 0 Å². The number of primary amides is 1. The first-order valence-corrected chi connectivity index (χ1v) is 9.45. The minimum absolute atomic E-state index is 0.0989. The number of benzene rings is 1. The zero-order chi connectivity index (χ0) is 17.6. The Morgan fingerprint density at radius 2 is 1.76 bits per heavy atom. The molecule has 5 nitrogen and oxygen atoms in total. The maximum absolute atomic E-state index is 12.6. The minimum Gasteiger partial charge on any atom is -0.369 e. The molecule has 2 amide bonds. The van der Waals surface area contributed by atoms with Gasteiger partial charge in [0.05, 0.1) is 12.5 Å². The van der Waals surface area contributed by atoms with Gasteiger partial charge in [0.1, 0.15) is 0 Å². The van der Waals surface area contributed by atoms with E-state index in [1.54, 1.807) is 0 Å². The predicted octanol–water partition coefficient (Wildman–Crippen LogP) is 1.66. The Kier molecular flexibility index (Phi) is 6.08. The molecule has 0 saturated carbocycles. The van der Waals surface area contributed by atoms with Crippen LogP contribution in [0.1, 0.15) is 31.2 Å². The van der Waals surface area contributed by atoms with E-state index in [2.05, 4.69) is 29.2 Å². The van der Waals surface area contributed by atoms with E-state index in [0.717, 1.165) is 51.7 Å². The molecule has 2 fully saturated rings.